The zero-order chi connectivity index (χ0) is 20.8. The molecule has 2 aliphatic rings. The number of fused-ring (bicyclic) bond motifs is 1. The first-order chi connectivity index (χ1) is 13.8. The first-order valence-corrected chi connectivity index (χ1v) is 9.20. The highest BCUT2D eigenvalue weighted by Crippen LogP contribution is 2.31. The first kappa shape index (κ1) is 18.7. The third kappa shape index (κ3) is 3.12. The number of anilines is 2. The van der Waals surface area contributed by atoms with Crippen molar-refractivity contribution in [3.05, 3.63) is 59.7 Å². The lowest BCUT2D eigenvalue weighted by atomic mass is 9.91. The van der Waals surface area contributed by atoms with E-state index < -0.39 is 29.9 Å². The average Bonchev–Trinajstić information content (AvgIpc) is 2.91. The van der Waals surface area contributed by atoms with Crippen LogP contribution in [0.3, 0.4) is 0 Å². The van der Waals surface area contributed by atoms with Crippen molar-refractivity contribution in [3.8, 4) is 0 Å². The summed E-state index contributed by atoms with van der Waals surface area (Å²) in [6.07, 6.45) is 0. The molecule has 2 aromatic carbocycles. The second-order valence-corrected chi connectivity index (χ2v) is 7.36. The van der Waals surface area contributed by atoms with Crippen molar-refractivity contribution in [1.29, 1.82) is 0 Å². The van der Waals surface area contributed by atoms with Gasteiger partial charge in [0.05, 0.1) is 11.4 Å². The molecule has 2 aromatic rings. The molecule has 4 rings (SSSR count). The lowest BCUT2D eigenvalue weighted by Crippen LogP contribution is -2.48. The molecule has 8 nitrogen and oxygen atoms in total. The Bertz CT molecular complexity index is 1030. The second kappa shape index (κ2) is 6.73. The van der Waals surface area contributed by atoms with Gasteiger partial charge in [0, 0.05) is 0 Å². The molecule has 0 saturated carbocycles. The molecular weight excluding hydrogens is 372 g/mol. The summed E-state index contributed by atoms with van der Waals surface area (Å²) in [5.41, 5.74) is 1.47. The van der Waals surface area contributed by atoms with Crippen molar-refractivity contribution < 1.29 is 19.2 Å². The fraction of sp³-hybridized carbons (Fsp3) is 0.238. The quantitative estimate of drug-likeness (QED) is 0.778. The number of para-hydroxylation sites is 2. The van der Waals surface area contributed by atoms with Crippen LogP contribution in [0.25, 0.3) is 0 Å². The average molecular weight is 392 g/mol. The Morgan fingerprint density at radius 1 is 1.07 bits per heavy atom. The summed E-state index contributed by atoms with van der Waals surface area (Å²) in [5.74, 6) is -1.35. The zero-order valence-electron chi connectivity index (χ0n) is 16.1. The van der Waals surface area contributed by atoms with Gasteiger partial charge in [-0.3, -0.25) is 24.2 Å². The molecule has 2 heterocycles. The smallest absolute Gasteiger partial charge is 0.323 e. The topological polar surface area (TPSA) is 98.8 Å². The van der Waals surface area contributed by atoms with Crippen molar-refractivity contribution in [1.82, 2.24) is 10.2 Å². The molecule has 0 aromatic heterocycles. The van der Waals surface area contributed by atoms with E-state index in [-0.39, 0.29) is 12.5 Å². The molecule has 0 aliphatic carbocycles. The van der Waals surface area contributed by atoms with Crippen LogP contribution in [0.1, 0.15) is 18.1 Å². The van der Waals surface area contributed by atoms with Gasteiger partial charge in [0.2, 0.25) is 11.8 Å². The van der Waals surface area contributed by atoms with Crippen LogP contribution in [0.15, 0.2) is 48.5 Å². The van der Waals surface area contributed by atoms with Crippen molar-refractivity contribution in [2.24, 2.45) is 0 Å². The van der Waals surface area contributed by atoms with E-state index >= 15 is 0 Å². The van der Waals surface area contributed by atoms with Crippen LogP contribution in [0, 0.1) is 6.92 Å². The lowest BCUT2D eigenvalue weighted by molar-refractivity contribution is -0.134. The van der Waals surface area contributed by atoms with Gasteiger partial charge < -0.3 is 10.6 Å². The third-order valence-electron chi connectivity index (χ3n) is 5.27. The first-order valence-electron chi connectivity index (χ1n) is 9.20. The normalized spacial score (nSPS) is 21.0. The van der Waals surface area contributed by atoms with E-state index in [1.807, 2.05) is 19.1 Å². The monoisotopic (exact) mass is 392 g/mol. The summed E-state index contributed by atoms with van der Waals surface area (Å²) in [7, 11) is 0. The second-order valence-electron chi connectivity index (χ2n) is 7.36. The molecule has 1 fully saturated rings. The summed E-state index contributed by atoms with van der Waals surface area (Å²) in [6, 6.07) is 13.5. The fourth-order valence-corrected chi connectivity index (χ4v) is 3.60. The molecule has 5 amide bonds. The minimum absolute atomic E-state index is 0.172. The summed E-state index contributed by atoms with van der Waals surface area (Å²) in [4.78, 5) is 52.6. The van der Waals surface area contributed by atoms with Crippen LogP contribution < -0.4 is 15.5 Å². The van der Waals surface area contributed by atoms with Gasteiger partial charge in [-0.25, -0.2) is 4.79 Å². The molecule has 0 spiro atoms. The van der Waals surface area contributed by atoms with Crippen LogP contribution in [0.5, 0.6) is 0 Å². The molecule has 1 unspecified atom stereocenters. The minimum Gasteiger partial charge on any atom is -0.323 e. The molecule has 29 heavy (non-hydrogen) atoms. The Balaban J connectivity index is 1.58. The van der Waals surface area contributed by atoms with Gasteiger partial charge in [-0.2, -0.15) is 0 Å². The van der Waals surface area contributed by atoms with E-state index in [4.69, 9.17) is 0 Å². The third-order valence-corrected chi connectivity index (χ3v) is 5.27. The number of imide groups is 1. The van der Waals surface area contributed by atoms with E-state index in [1.165, 1.54) is 4.90 Å². The molecule has 1 saturated heterocycles. The Morgan fingerprint density at radius 2 is 1.76 bits per heavy atom. The van der Waals surface area contributed by atoms with Crippen LogP contribution in [-0.2, 0) is 19.9 Å². The van der Waals surface area contributed by atoms with E-state index in [2.05, 4.69) is 10.6 Å². The molecule has 2 aliphatic heterocycles. The molecule has 148 valence electrons. The largest absolute Gasteiger partial charge is 0.325 e. The summed E-state index contributed by atoms with van der Waals surface area (Å²) in [5, 5.41) is 5.39. The van der Waals surface area contributed by atoms with Gasteiger partial charge in [0.15, 0.2) is 0 Å². The van der Waals surface area contributed by atoms with Gasteiger partial charge in [-0.05, 0) is 31.5 Å². The van der Waals surface area contributed by atoms with E-state index in [9.17, 15) is 19.2 Å². The van der Waals surface area contributed by atoms with Crippen molar-refractivity contribution >= 4 is 35.1 Å². The highest BCUT2D eigenvalue weighted by molar-refractivity contribution is 6.14. The highest BCUT2D eigenvalue weighted by Gasteiger charge is 2.49. The molecule has 2 N–H and O–H groups in total. The maximum atomic E-state index is 13.0. The maximum absolute atomic E-state index is 13.0. The number of nitrogens with one attached hydrogen (secondary N) is 2. The van der Waals surface area contributed by atoms with Gasteiger partial charge >= 0.3 is 6.03 Å². The van der Waals surface area contributed by atoms with Crippen molar-refractivity contribution in [3.63, 3.8) is 0 Å². The SMILES string of the molecule is Cc1ccc(C2(C)NC(=O)N(CC(=O)N3CC(=O)Nc4ccccc43)C2=O)cc1. The van der Waals surface area contributed by atoms with Gasteiger partial charge in [-0.1, -0.05) is 42.0 Å². The van der Waals surface area contributed by atoms with E-state index in [0.717, 1.165) is 10.5 Å². The number of urea groups is 1. The summed E-state index contributed by atoms with van der Waals surface area (Å²) in [6.45, 7) is 2.92. The Morgan fingerprint density at radius 3 is 2.48 bits per heavy atom. The van der Waals surface area contributed by atoms with E-state index in [0.29, 0.717) is 16.9 Å². The minimum atomic E-state index is -1.25. The number of hydrogen-bond acceptors (Lipinski definition) is 4. The number of rotatable bonds is 3. The molecule has 8 heteroatoms. The van der Waals surface area contributed by atoms with Gasteiger partial charge in [0.25, 0.3) is 5.91 Å². The molecule has 0 radical (unpaired) electrons. The molecular formula is C21H20N4O4. The molecule has 1 atom stereocenters. The Hall–Kier alpha value is -3.68. The Kier molecular flexibility index (Phi) is 4.34. The number of nitrogens with zero attached hydrogens (tertiary/aromatic N) is 2. The standard InChI is InChI=1S/C21H20N4O4/c1-13-7-9-14(10-8-13)21(2)19(28)25(20(29)23-21)12-18(27)24-11-17(26)22-15-5-3-4-6-16(15)24/h3-10H,11-12H2,1-2H3,(H,22,26)(H,23,29). The van der Waals surface area contributed by atoms with Crippen LogP contribution in [-0.4, -0.2) is 41.7 Å². The van der Waals surface area contributed by atoms with Crippen LogP contribution in [0.2, 0.25) is 0 Å². The lowest BCUT2D eigenvalue weighted by Gasteiger charge is -2.30. The van der Waals surface area contributed by atoms with Crippen molar-refractivity contribution in [2.75, 3.05) is 23.3 Å². The van der Waals surface area contributed by atoms with Crippen LogP contribution in [0.4, 0.5) is 16.2 Å². The predicted molar refractivity (Wildman–Crippen MR) is 106 cm³/mol. The number of carbonyl (C=O) groups excluding carboxylic acids is 4. The van der Waals surface area contributed by atoms with E-state index in [1.54, 1.807) is 43.3 Å². The van der Waals surface area contributed by atoms with Crippen molar-refractivity contribution in [2.45, 2.75) is 19.4 Å². The Labute approximate surface area is 167 Å². The molecule has 0 bridgehead atoms. The number of carbonyl (C=O) groups is 4. The van der Waals surface area contributed by atoms with Crippen LogP contribution >= 0.6 is 0 Å². The number of amides is 5. The summed E-state index contributed by atoms with van der Waals surface area (Å²) >= 11 is 0. The fourth-order valence-electron chi connectivity index (χ4n) is 3.60. The maximum Gasteiger partial charge on any atom is 0.325 e. The van der Waals surface area contributed by atoms with Gasteiger partial charge in [-0.15, -0.1) is 0 Å². The predicted octanol–water partition coefficient (Wildman–Crippen LogP) is 1.75. The number of aryl methyl sites for hydroxylation is 1. The number of hydrogen-bond donors (Lipinski definition) is 2. The highest BCUT2D eigenvalue weighted by atomic mass is 16.2. The number of benzene rings is 2. The zero-order valence-corrected chi connectivity index (χ0v) is 16.1. The summed E-state index contributed by atoms with van der Waals surface area (Å²) < 4.78 is 0. The van der Waals surface area contributed by atoms with Gasteiger partial charge in [0.1, 0.15) is 18.6 Å².